The fourth-order valence-electron chi connectivity index (χ4n) is 3.45. The van der Waals surface area contributed by atoms with Crippen LogP contribution in [0.25, 0.3) is 0 Å². The first-order chi connectivity index (χ1) is 17.9. The van der Waals surface area contributed by atoms with Crippen molar-refractivity contribution in [2.24, 2.45) is 4.99 Å². The van der Waals surface area contributed by atoms with Gasteiger partial charge in [0.25, 0.3) is 0 Å². The van der Waals surface area contributed by atoms with E-state index in [9.17, 15) is 4.39 Å². The van der Waals surface area contributed by atoms with Gasteiger partial charge in [-0.3, -0.25) is 10.3 Å². The van der Waals surface area contributed by atoms with Gasteiger partial charge in [0.15, 0.2) is 5.11 Å². The van der Waals surface area contributed by atoms with Gasteiger partial charge in [-0.15, -0.1) is 0 Å². The van der Waals surface area contributed by atoms with Crippen molar-refractivity contribution in [3.05, 3.63) is 108 Å². The molecule has 0 aliphatic carbocycles. The molecule has 0 saturated heterocycles. The van der Waals surface area contributed by atoms with Crippen LogP contribution in [-0.2, 0) is 6.42 Å². The molecule has 1 heterocycles. The summed E-state index contributed by atoms with van der Waals surface area (Å²) < 4.78 is 19.0. The molecule has 188 valence electrons. The van der Waals surface area contributed by atoms with Gasteiger partial charge in [0.2, 0.25) is 11.9 Å². The lowest BCUT2D eigenvalue weighted by molar-refractivity contribution is 0.483. The van der Waals surface area contributed by atoms with E-state index in [0.717, 1.165) is 28.4 Å². The van der Waals surface area contributed by atoms with Crippen molar-refractivity contribution in [3.8, 4) is 11.5 Å². The summed E-state index contributed by atoms with van der Waals surface area (Å²) >= 11 is 5.52. The number of hydrogen-bond acceptors (Lipinski definition) is 5. The molecule has 0 saturated carbocycles. The van der Waals surface area contributed by atoms with Gasteiger partial charge in [0, 0.05) is 23.6 Å². The summed E-state index contributed by atoms with van der Waals surface area (Å²) in [6, 6.07) is 25.3. The average molecular weight is 515 g/mol. The number of rotatable bonds is 7. The van der Waals surface area contributed by atoms with E-state index in [1.165, 1.54) is 12.1 Å². The number of guanidine groups is 1. The molecular formula is C28H27FN6OS. The summed E-state index contributed by atoms with van der Waals surface area (Å²) in [5.41, 5.74) is 3.43. The lowest BCUT2D eigenvalue weighted by atomic mass is 10.1. The second-order valence-corrected chi connectivity index (χ2v) is 8.63. The van der Waals surface area contributed by atoms with Crippen LogP contribution >= 0.6 is 12.2 Å². The van der Waals surface area contributed by atoms with Crippen LogP contribution in [0, 0.1) is 19.7 Å². The summed E-state index contributed by atoms with van der Waals surface area (Å²) in [6.07, 6.45) is 0.629. The molecule has 0 amide bonds. The van der Waals surface area contributed by atoms with Crippen molar-refractivity contribution in [3.63, 3.8) is 0 Å². The molecule has 4 rings (SSSR count). The molecule has 3 aromatic carbocycles. The molecule has 1 aromatic heterocycles. The number of aromatic nitrogens is 2. The van der Waals surface area contributed by atoms with Crippen molar-refractivity contribution in [1.82, 2.24) is 15.3 Å². The Kier molecular flexibility index (Phi) is 8.72. The Hall–Kier alpha value is -4.37. The van der Waals surface area contributed by atoms with E-state index in [1.807, 2.05) is 74.5 Å². The van der Waals surface area contributed by atoms with Gasteiger partial charge < -0.3 is 15.4 Å². The van der Waals surface area contributed by atoms with Gasteiger partial charge in [0.1, 0.15) is 17.3 Å². The molecule has 0 atom stereocenters. The van der Waals surface area contributed by atoms with Crippen molar-refractivity contribution >= 4 is 34.9 Å². The number of para-hydroxylation sites is 1. The highest BCUT2D eigenvalue weighted by molar-refractivity contribution is 7.80. The van der Waals surface area contributed by atoms with E-state index >= 15 is 0 Å². The Balaban J connectivity index is 1.41. The van der Waals surface area contributed by atoms with Crippen LogP contribution in [0.2, 0.25) is 0 Å². The van der Waals surface area contributed by atoms with Crippen LogP contribution in [-0.4, -0.2) is 27.6 Å². The minimum absolute atomic E-state index is 0.265. The molecule has 0 aliphatic rings. The number of aryl methyl sites for hydroxylation is 2. The maximum Gasteiger partial charge on any atom is 0.229 e. The Labute approximate surface area is 220 Å². The van der Waals surface area contributed by atoms with Crippen molar-refractivity contribution in [1.29, 1.82) is 0 Å². The zero-order valence-electron chi connectivity index (χ0n) is 20.5. The van der Waals surface area contributed by atoms with Crippen LogP contribution < -0.4 is 20.7 Å². The van der Waals surface area contributed by atoms with E-state index < -0.39 is 0 Å². The van der Waals surface area contributed by atoms with Gasteiger partial charge in [-0.1, -0.05) is 30.3 Å². The number of benzene rings is 3. The monoisotopic (exact) mass is 514 g/mol. The first-order valence-corrected chi connectivity index (χ1v) is 12.1. The third kappa shape index (κ3) is 8.36. The molecule has 0 spiro atoms. The molecule has 7 nitrogen and oxygen atoms in total. The predicted octanol–water partition coefficient (Wildman–Crippen LogP) is 6.02. The first kappa shape index (κ1) is 25.7. The van der Waals surface area contributed by atoms with Crippen molar-refractivity contribution in [2.45, 2.75) is 20.3 Å². The summed E-state index contributed by atoms with van der Waals surface area (Å²) in [4.78, 5) is 13.5. The van der Waals surface area contributed by atoms with Crippen LogP contribution in [0.5, 0.6) is 11.5 Å². The maximum absolute atomic E-state index is 13.2. The Morgan fingerprint density at radius 1 is 0.865 bits per heavy atom. The number of thiocarbonyl (C=S) groups is 1. The summed E-state index contributed by atoms with van der Waals surface area (Å²) in [5.74, 6) is 2.03. The van der Waals surface area contributed by atoms with E-state index in [4.69, 9.17) is 17.0 Å². The number of aliphatic imine (C=N–C) groups is 1. The average Bonchev–Trinajstić information content (AvgIpc) is 2.86. The van der Waals surface area contributed by atoms with Crippen LogP contribution in [0.15, 0.2) is 89.9 Å². The minimum Gasteiger partial charge on any atom is -0.457 e. The lowest BCUT2D eigenvalue weighted by Gasteiger charge is -2.15. The zero-order chi connectivity index (χ0) is 26.0. The molecule has 0 unspecified atom stereocenters. The summed E-state index contributed by atoms with van der Waals surface area (Å²) in [6.45, 7) is 4.24. The molecule has 0 aliphatic heterocycles. The molecule has 37 heavy (non-hydrogen) atoms. The van der Waals surface area contributed by atoms with Crippen molar-refractivity contribution in [2.75, 3.05) is 17.2 Å². The largest absolute Gasteiger partial charge is 0.457 e. The predicted molar refractivity (Wildman–Crippen MR) is 150 cm³/mol. The second-order valence-electron chi connectivity index (χ2n) is 8.22. The van der Waals surface area contributed by atoms with E-state index in [0.29, 0.717) is 35.7 Å². The molecule has 9 heteroatoms. The van der Waals surface area contributed by atoms with Gasteiger partial charge in [0.05, 0.1) is 0 Å². The van der Waals surface area contributed by atoms with Crippen molar-refractivity contribution < 1.29 is 9.13 Å². The SMILES string of the molecule is Cc1cc(C)nc(NC(=NCCc2ccc(F)cc2)NC(=S)Nc2ccc(Oc3ccccc3)cc2)n1. The molecule has 4 aromatic rings. The highest BCUT2D eigenvalue weighted by atomic mass is 32.1. The number of ether oxygens (including phenoxy) is 1. The topological polar surface area (TPSA) is 83.5 Å². The van der Waals surface area contributed by atoms with Gasteiger partial charge >= 0.3 is 0 Å². The standard InChI is InChI=1S/C28H27FN6OS/c1-19-18-20(2)32-27(31-19)34-26(30-17-16-21-8-10-22(29)11-9-21)35-28(37)33-23-12-14-25(15-13-23)36-24-6-4-3-5-7-24/h3-15,18H,16-17H2,1-2H3,(H3,30,31,32,33,34,35,37). The molecule has 0 bridgehead atoms. The lowest BCUT2D eigenvalue weighted by Crippen LogP contribution is -2.39. The minimum atomic E-state index is -0.265. The highest BCUT2D eigenvalue weighted by Gasteiger charge is 2.08. The molecule has 0 radical (unpaired) electrons. The Morgan fingerprint density at radius 2 is 1.51 bits per heavy atom. The van der Waals surface area contributed by atoms with Crippen LogP contribution in [0.3, 0.4) is 0 Å². The second kappa shape index (κ2) is 12.5. The van der Waals surface area contributed by atoms with Crippen LogP contribution in [0.1, 0.15) is 17.0 Å². The number of nitrogens with zero attached hydrogens (tertiary/aromatic N) is 3. The Morgan fingerprint density at radius 3 is 2.19 bits per heavy atom. The summed E-state index contributed by atoms with van der Waals surface area (Å²) in [7, 11) is 0. The third-order valence-electron chi connectivity index (χ3n) is 5.12. The normalized spacial score (nSPS) is 11.1. The first-order valence-electron chi connectivity index (χ1n) is 11.7. The molecule has 3 N–H and O–H groups in total. The van der Waals surface area contributed by atoms with Gasteiger partial charge in [-0.05, 0) is 92.6 Å². The molecular weight excluding hydrogens is 487 g/mol. The number of halogens is 1. The zero-order valence-corrected chi connectivity index (χ0v) is 21.3. The highest BCUT2D eigenvalue weighted by Crippen LogP contribution is 2.22. The number of anilines is 2. The number of hydrogen-bond donors (Lipinski definition) is 3. The van der Waals surface area contributed by atoms with E-state index in [2.05, 4.69) is 30.9 Å². The van der Waals surface area contributed by atoms with Gasteiger partial charge in [-0.25, -0.2) is 14.4 Å². The maximum atomic E-state index is 13.2. The quantitative estimate of drug-likeness (QED) is 0.158. The third-order valence-corrected chi connectivity index (χ3v) is 5.32. The molecule has 0 fully saturated rings. The Bertz CT molecular complexity index is 1340. The smallest absolute Gasteiger partial charge is 0.229 e. The fourth-order valence-corrected chi connectivity index (χ4v) is 3.66. The fraction of sp³-hybridized carbons (Fsp3) is 0.143. The van der Waals surface area contributed by atoms with Gasteiger partial charge in [-0.2, -0.15) is 0 Å². The number of nitrogens with one attached hydrogen (secondary N) is 3. The van der Waals surface area contributed by atoms with E-state index in [1.54, 1.807) is 12.1 Å². The van der Waals surface area contributed by atoms with Crippen LogP contribution in [0.4, 0.5) is 16.0 Å². The summed E-state index contributed by atoms with van der Waals surface area (Å²) in [5, 5.41) is 9.70. The van der Waals surface area contributed by atoms with E-state index in [-0.39, 0.29) is 5.82 Å².